The summed E-state index contributed by atoms with van der Waals surface area (Å²) in [5, 5.41) is 0. The summed E-state index contributed by atoms with van der Waals surface area (Å²) < 4.78 is 16.2. The maximum atomic E-state index is 12.0. The molecular weight excluding hydrogens is 284 g/mol. The van der Waals surface area contributed by atoms with Crippen LogP contribution < -0.4 is 0 Å². The zero-order valence-electron chi connectivity index (χ0n) is 12.9. The fraction of sp³-hybridized carbons (Fsp3) is 0.882. The van der Waals surface area contributed by atoms with Gasteiger partial charge in [0.05, 0.1) is 31.0 Å². The lowest BCUT2D eigenvalue weighted by molar-refractivity contribution is -0.147. The van der Waals surface area contributed by atoms with Crippen LogP contribution in [0, 0.1) is 11.8 Å². The van der Waals surface area contributed by atoms with Crippen molar-refractivity contribution in [3.05, 3.63) is 0 Å². The van der Waals surface area contributed by atoms with Gasteiger partial charge in [-0.3, -0.25) is 9.59 Å². The quantitative estimate of drug-likeness (QED) is 0.426. The SMILES string of the molecule is O=C(CC(=O)OCC1CCC2OC2C1)CC1CCC2OC2C1. The molecule has 0 bridgehead atoms. The van der Waals surface area contributed by atoms with Gasteiger partial charge in [-0.15, -0.1) is 0 Å². The third kappa shape index (κ3) is 3.51. The molecule has 2 saturated heterocycles. The van der Waals surface area contributed by atoms with Gasteiger partial charge in [-0.2, -0.15) is 0 Å². The van der Waals surface area contributed by atoms with E-state index in [9.17, 15) is 9.59 Å². The monoisotopic (exact) mass is 308 g/mol. The molecule has 4 rings (SSSR count). The zero-order valence-corrected chi connectivity index (χ0v) is 12.9. The highest BCUT2D eigenvalue weighted by Crippen LogP contribution is 2.41. The van der Waals surface area contributed by atoms with E-state index in [1.54, 1.807) is 0 Å². The molecule has 122 valence electrons. The zero-order chi connectivity index (χ0) is 15.1. The molecule has 5 nitrogen and oxygen atoms in total. The number of rotatable bonds is 6. The lowest BCUT2D eigenvalue weighted by Crippen LogP contribution is -2.22. The Kier molecular flexibility index (Phi) is 3.95. The van der Waals surface area contributed by atoms with Crippen LogP contribution in [0.15, 0.2) is 0 Å². The van der Waals surface area contributed by atoms with E-state index in [1.165, 1.54) is 0 Å². The number of esters is 1. The van der Waals surface area contributed by atoms with Crippen LogP contribution in [0.5, 0.6) is 0 Å². The second-order valence-electron chi connectivity index (χ2n) is 7.39. The summed E-state index contributed by atoms with van der Waals surface area (Å²) in [5.41, 5.74) is 0. The van der Waals surface area contributed by atoms with E-state index >= 15 is 0 Å². The normalized spacial score (nSPS) is 42.0. The van der Waals surface area contributed by atoms with Crippen LogP contribution in [0.2, 0.25) is 0 Å². The maximum absolute atomic E-state index is 12.0. The number of epoxide rings is 2. The number of ketones is 1. The fourth-order valence-electron chi connectivity index (χ4n) is 4.13. The Morgan fingerprint density at radius 2 is 1.50 bits per heavy atom. The van der Waals surface area contributed by atoms with Crippen molar-refractivity contribution in [2.75, 3.05) is 6.61 Å². The van der Waals surface area contributed by atoms with Crippen molar-refractivity contribution in [1.29, 1.82) is 0 Å². The average molecular weight is 308 g/mol. The Morgan fingerprint density at radius 3 is 2.18 bits per heavy atom. The molecule has 6 atom stereocenters. The summed E-state index contributed by atoms with van der Waals surface area (Å²) in [7, 11) is 0. The molecule has 5 heteroatoms. The molecule has 0 radical (unpaired) electrons. The average Bonchev–Trinajstić information content (AvgIpc) is 3.38. The van der Waals surface area contributed by atoms with Crippen molar-refractivity contribution in [1.82, 2.24) is 0 Å². The molecule has 2 saturated carbocycles. The van der Waals surface area contributed by atoms with Gasteiger partial charge in [0.1, 0.15) is 12.2 Å². The summed E-state index contributed by atoms with van der Waals surface area (Å²) in [6.45, 7) is 0.444. The van der Waals surface area contributed by atoms with Gasteiger partial charge < -0.3 is 14.2 Å². The number of carbonyl (C=O) groups excluding carboxylic acids is 2. The van der Waals surface area contributed by atoms with Crippen molar-refractivity contribution in [2.45, 2.75) is 75.8 Å². The Labute approximate surface area is 130 Å². The minimum Gasteiger partial charge on any atom is -0.465 e. The summed E-state index contributed by atoms with van der Waals surface area (Å²) in [5.74, 6) is 0.458. The third-order valence-electron chi connectivity index (χ3n) is 5.56. The first-order chi connectivity index (χ1) is 10.7. The number of carbonyl (C=O) groups is 2. The fourth-order valence-corrected chi connectivity index (χ4v) is 4.13. The molecule has 0 aromatic rings. The first-order valence-corrected chi connectivity index (χ1v) is 8.65. The van der Waals surface area contributed by atoms with E-state index in [2.05, 4.69) is 0 Å². The van der Waals surface area contributed by atoms with E-state index in [0.29, 0.717) is 49.3 Å². The molecule has 2 heterocycles. The van der Waals surface area contributed by atoms with Crippen molar-refractivity contribution in [3.63, 3.8) is 0 Å². The molecule has 4 fully saturated rings. The molecule has 4 aliphatic rings. The van der Waals surface area contributed by atoms with Crippen LogP contribution in [0.3, 0.4) is 0 Å². The first-order valence-electron chi connectivity index (χ1n) is 8.65. The van der Waals surface area contributed by atoms with Gasteiger partial charge >= 0.3 is 5.97 Å². The Morgan fingerprint density at radius 1 is 0.864 bits per heavy atom. The molecule has 6 unspecified atom stereocenters. The van der Waals surface area contributed by atoms with Gasteiger partial charge in [0.25, 0.3) is 0 Å². The van der Waals surface area contributed by atoms with Crippen LogP contribution in [0.1, 0.15) is 51.4 Å². The highest BCUT2D eigenvalue weighted by Gasteiger charge is 2.45. The van der Waals surface area contributed by atoms with E-state index in [-0.39, 0.29) is 18.2 Å². The first kappa shape index (κ1) is 14.6. The third-order valence-corrected chi connectivity index (χ3v) is 5.56. The van der Waals surface area contributed by atoms with Gasteiger partial charge in [0, 0.05) is 6.42 Å². The van der Waals surface area contributed by atoms with E-state index in [1.807, 2.05) is 0 Å². The predicted molar refractivity (Wildman–Crippen MR) is 77.2 cm³/mol. The molecule has 0 spiro atoms. The van der Waals surface area contributed by atoms with Crippen molar-refractivity contribution < 1.29 is 23.8 Å². The highest BCUT2D eigenvalue weighted by molar-refractivity contribution is 5.95. The lowest BCUT2D eigenvalue weighted by Gasteiger charge is -2.19. The van der Waals surface area contributed by atoms with Gasteiger partial charge in [0.15, 0.2) is 0 Å². The maximum Gasteiger partial charge on any atom is 0.313 e. The summed E-state index contributed by atoms with van der Waals surface area (Å²) in [6.07, 6.45) is 8.39. The molecule has 0 aromatic carbocycles. The molecule has 0 N–H and O–H groups in total. The Bertz CT molecular complexity index is 462. The van der Waals surface area contributed by atoms with Crippen LogP contribution in [0.25, 0.3) is 0 Å². The smallest absolute Gasteiger partial charge is 0.313 e. The number of hydrogen-bond acceptors (Lipinski definition) is 5. The second kappa shape index (κ2) is 5.93. The summed E-state index contributed by atoms with van der Waals surface area (Å²) >= 11 is 0. The Hall–Kier alpha value is -0.940. The van der Waals surface area contributed by atoms with Gasteiger partial charge in [0.2, 0.25) is 0 Å². The lowest BCUT2D eigenvalue weighted by atomic mass is 9.85. The van der Waals surface area contributed by atoms with E-state index in [4.69, 9.17) is 14.2 Å². The number of hydrogen-bond donors (Lipinski definition) is 0. The van der Waals surface area contributed by atoms with Crippen molar-refractivity contribution >= 4 is 11.8 Å². The number of Topliss-reactive ketones (excluding diaryl/α,β-unsaturated/α-hetero) is 1. The molecule has 0 aromatic heterocycles. The summed E-state index contributed by atoms with van der Waals surface area (Å²) in [6, 6.07) is 0. The highest BCUT2D eigenvalue weighted by atomic mass is 16.6. The largest absolute Gasteiger partial charge is 0.465 e. The van der Waals surface area contributed by atoms with E-state index in [0.717, 1.165) is 38.5 Å². The predicted octanol–water partition coefficient (Wildman–Crippen LogP) is 2.01. The minimum absolute atomic E-state index is 0.0170. The van der Waals surface area contributed by atoms with Crippen LogP contribution in [0.4, 0.5) is 0 Å². The van der Waals surface area contributed by atoms with Crippen LogP contribution in [-0.4, -0.2) is 42.8 Å². The second-order valence-corrected chi connectivity index (χ2v) is 7.39. The molecular formula is C17H24O5. The van der Waals surface area contributed by atoms with E-state index < -0.39 is 0 Å². The summed E-state index contributed by atoms with van der Waals surface area (Å²) in [4.78, 5) is 23.8. The Balaban J connectivity index is 1.13. The van der Waals surface area contributed by atoms with Gasteiger partial charge in [-0.05, 0) is 50.4 Å². The minimum atomic E-state index is -0.361. The van der Waals surface area contributed by atoms with Crippen LogP contribution in [-0.2, 0) is 23.8 Å². The molecule has 2 aliphatic heterocycles. The standard InChI is InChI=1S/C17H24O5/c18-12(5-10-1-3-13-15(6-10)21-13)8-17(19)20-9-11-2-4-14-16(7-11)22-14/h10-11,13-16H,1-9H2. The topological polar surface area (TPSA) is 68.4 Å². The van der Waals surface area contributed by atoms with Crippen LogP contribution >= 0.6 is 0 Å². The molecule has 22 heavy (non-hydrogen) atoms. The molecule has 2 aliphatic carbocycles. The number of ether oxygens (including phenoxy) is 3. The number of fused-ring (bicyclic) bond motifs is 2. The van der Waals surface area contributed by atoms with Gasteiger partial charge in [-0.1, -0.05) is 0 Å². The van der Waals surface area contributed by atoms with Crippen molar-refractivity contribution in [2.24, 2.45) is 11.8 Å². The van der Waals surface area contributed by atoms with Crippen molar-refractivity contribution in [3.8, 4) is 0 Å². The van der Waals surface area contributed by atoms with Gasteiger partial charge in [-0.25, -0.2) is 0 Å². The molecule has 0 amide bonds.